The number of hydrogen-bond acceptors (Lipinski definition) is 2. The normalized spacial score (nSPS) is 17.4. The zero-order valence-electron chi connectivity index (χ0n) is 10.3. The molecule has 1 aliphatic carbocycles. The predicted molar refractivity (Wildman–Crippen MR) is 71.4 cm³/mol. The van der Waals surface area contributed by atoms with E-state index in [0.717, 1.165) is 24.5 Å². The smallest absolute Gasteiger partial charge is 0.0695 e. The lowest BCUT2D eigenvalue weighted by atomic mass is 10.1. The Hall–Kier alpha value is -0.570. The second-order valence-corrected chi connectivity index (χ2v) is 5.42. The van der Waals surface area contributed by atoms with E-state index in [1.54, 1.807) is 0 Å². The average Bonchev–Trinajstić information content (AvgIpc) is 3.11. The van der Waals surface area contributed by atoms with Crippen molar-refractivity contribution in [1.29, 1.82) is 0 Å². The first-order valence-corrected chi connectivity index (χ1v) is 6.64. The van der Waals surface area contributed by atoms with Crippen LogP contribution in [0, 0.1) is 5.92 Å². The number of nitrogens with zero attached hydrogens (tertiary/aromatic N) is 1. The minimum Gasteiger partial charge on any atom is -0.392 e. The quantitative estimate of drug-likeness (QED) is 0.843. The zero-order valence-corrected chi connectivity index (χ0v) is 11.0. The molecule has 0 aromatic heterocycles. The molecule has 0 heterocycles. The molecule has 1 unspecified atom stereocenters. The summed E-state index contributed by atoms with van der Waals surface area (Å²) in [5, 5.41) is 10.7. The second kappa shape index (κ2) is 5.85. The van der Waals surface area contributed by atoms with Crippen molar-refractivity contribution >= 4 is 11.6 Å². The van der Waals surface area contributed by atoms with Gasteiger partial charge in [-0.2, -0.15) is 0 Å². The van der Waals surface area contributed by atoms with E-state index >= 15 is 0 Å². The third-order valence-corrected chi connectivity index (χ3v) is 3.75. The molecule has 17 heavy (non-hydrogen) atoms. The molecule has 3 heteroatoms. The molecule has 0 aliphatic heterocycles. The van der Waals surface area contributed by atoms with Crippen LogP contribution in [-0.2, 0) is 6.42 Å². The van der Waals surface area contributed by atoms with E-state index in [-0.39, 0.29) is 6.10 Å². The average molecular weight is 254 g/mol. The van der Waals surface area contributed by atoms with E-state index in [1.807, 2.05) is 18.2 Å². The molecule has 1 atom stereocenters. The SMILES string of the molecule is CN(CCc1ccccc1Cl)CC(O)C1CC1. The van der Waals surface area contributed by atoms with Crippen molar-refractivity contribution in [2.75, 3.05) is 20.1 Å². The highest BCUT2D eigenvalue weighted by atomic mass is 35.5. The van der Waals surface area contributed by atoms with Gasteiger partial charge < -0.3 is 10.0 Å². The molecule has 1 fully saturated rings. The Labute approximate surface area is 108 Å². The van der Waals surface area contributed by atoms with Crippen molar-refractivity contribution in [2.45, 2.75) is 25.4 Å². The van der Waals surface area contributed by atoms with Crippen molar-refractivity contribution in [2.24, 2.45) is 5.92 Å². The highest BCUT2D eigenvalue weighted by Crippen LogP contribution is 2.32. The van der Waals surface area contributed by atoms with Crippen LogP contribution >= 0.6 is 11.6 Å². The Kier molecular flexibility index (Phi) is 4.43. The van der Waals surface area contributed by atoms with E-state index in [2.05, 4.69) is 18.0 Å². The Balaban J connectivity index is 1.75. The molecular formula is C14H20ClNO. The van der Waals surface area contributed by atoms with Crippen molar-refractivity contribution in [3.63, 3.8) is 0 Å². The summed E-state index contributed by atoms with van der Waals surface area (Å²) in [4.78, 5) is 2.19. The topological polar surface area (TPSA) is 23.5 Å². The summed E-state index contributed by atoms with van der Waals surface area (Å²) in [6.45, 7) is 1.71. The minimum atomic E-state index is -0.147. The molecule has 1 aromatic rings. The van der Waals surface area contributed by atoms with E-state index in [9.17, 15) is 5.11 Å². The second-order valence-electron chi connectivity index (χ2n) is 5.01. The molecule has 0 spiro atoms. The fraction of sp³-hybridized carbons (Fsp3) is 0.571. The van der Waals surface area contributed by atoms with Crippen LogP contribution < -0.4 is 0 Å². The fourth-order valence-corrected chi connectivity index (χ4v) is 2.28. The van der Waals surface area contributed by atoms with Crippen LogP contribution in [0.15, 0.2) is 24.3 Å². The molecule has 0 radical (unpaired) electrons. The molecule has 94 valence electrons. The number of halogens is 1. The van der Waals surface area contributed by atoms with Gasteiger partial charge in [-0.25, -0.2) is 0 Å². The van der Waals surface area contributed by atoms with Crippen molar-refractivity contribution in [3.05, 3.63) is 34.9 Å². The first kappa shape index (κ1) is 12.9. The van der Waals surface area contributed by atoms with Gasteiger partial charge in [-0.05, 0) is 43.9 Å². The lowest BCUT2D eigenvalue weighted by molar-refractivity contribution is 0.107. The molecule has 1 N–H and O–H groups in total. The summed E-state index contributed by atoms with van der Waals surface area (Å²) in [6, 6.07) is 7.95. The van der Waals surface area contributed by atoms with Crippen LogP contribution in [0.4, 0.5) is 0 Å². The molecule has 2 rings (SSSR count). The Bertz CT molecular complexity index is 365. The number of aliphatic hydroxyl groups is 1. The molecular weight excluding hydrogens is 234 g/mol. The number of benzene rings is 1. The van der Waals surface area contributed by atoms with Gasteiger partial charge in [-0.15, -0.1) is 0 Å². The fourth-order valence-electron chi connectivity index (χ4n) is 2.05. The third-order valence-electron chi connectivity index (χ3n) is 3.39. The Morgan fingerprint density at radius 3 is 2.76 bits per heavy atom. The van der Waals surface area contributed by atoms with E-state index < -0.39 is 0 Å². The highest BCUT2D eigenvalue weighted by Gasteiger charge is 2.30. The number of hydrogen-bond donors (Lipinski definition) is 1. The van der Waals surface area contributed by atoms with Crippen LogP contribution in [0.25, 0.3) is 0 Å². The van der Waals surface area contributed by atoms with Crippen LogP contribution in [0.5, 0.6) is 0 Å². The molecule has 0 saturated heterocycles. The maximum absolute atomic E-state index is 9.84. The van der Waals surface area contributed by atoms with Crippen molar-refractivity contribution in [1.82, 2.24) is 4.90 Å². The summed E-state index contributed by atoms with van der Waals surface area (Å²) in [6.07, 6.45) is 3.18. The molecule has 0 amide bonds. The summed E-state index contributed by atoms with van der Waals surface area (Å²) < 4.78 is 0. The van der Waals surface area contributed by atoms with Crippen LogP contribution in [0.1, 0.15) is 18.4 Å². The molecule has 0 bridgehead atoms. The van der Waals surface area contributed by atoms with Crippen LogP contribution in [0.2, 0.25) is 5.02 Å². The zero-order chi connectivity index (χ0) is 12.3. The van der Waals surface area contributed by atoms with Gasteiger partial charge in [0.2, 0.25) is 0 Å². The molecule has 1 aliphatic rings. The van der Waals surface area contributed by atoms with Gasteiger partial charge in [-0.1, -0.05) is 29.8 Å². The molecule has 2 nitrogen and oxygen atoms in total. The van der Waals surface area contributed by atoms with Crippen LogP contribution in [-0.4, -0.2) is 36.2 Å². The summed E-state index contributed by atoms with van der Waals surface area (Å²) >= 11 is 6.11. The number of rotatable bonds is 6. The molecule has 1 aromatic carbocycles. The third kappa shape index (κ3) is 3.98. The lowest BCUT2D eigenvalue weighted by Gasteiger charge is -2.20. The van der Waals surface area contributed by atoms with Crippen molar-refractivity contribution < 1.29 is 5.11 Å². The van der Waals surface area contributed by atoms with Gasteiger partial charge in [0.25, 0.3) is 0 Å². The minimum absolute atomic E-state index is 0.147. The largest absolute Gasteiger partial charge is 0.392 e. The number of likely N-dealkylation sites (N-methyl/N-ethyl adjacent to an activating group) is 1. The monoisotopic (exact) mass is 253 g/mol. The van der Waals surface area contributed by atoms with Gasteiger partial charge in [0.1, 0.15) is 0 Å². The maximum atomic E-state index is 9.84. The van der Waals surface area contributed by atoms with E-state index in [1.165, 1.54) is 18.4 Å². The van der Waals surface area contributed by atoms with Gasteiger partial charge in [-0.3, -0.25) is 0 Å². The Morgan fingerprint density at radius 1 is 1.41 bits per heavy atom. The van der Waals surface area contributed by atoms with Crippen molar-refractivity contribution in [3.8, 4) is 0 Å². The lowest BCUT2D eigenvalue weighted by Crippen LogP contribution is -2.31. The highest BCUT2D eigenvalue weighted by molar-refractivity contribution is 6.31. The van der Waals surface area contributed by atoms with Crippen LogP contribution in [0.3, 0.4) is 0 Å². The first-order chi connectivity index (χ1) is 8.16. The summed E-state index contributed by atoms with van der Waals surface area (Å²) in [5.74, 6) is 0.553. The number of aliphatic hydroxyl groups excluding tert-OH is 1. The maximum Gasteiger partial charge on any atom is 0.0695 e. The summed E-state index contributed by atoms with van der Waals surface area (Å²) in [5.41, 5.74) is 1.18. The standard InChI is InChI=1S/C14H20ClNO/c1-16(10-14(17)12-6-7-12)9-8-11-4-2-3-5-13(11)15/h2-5,12,14,17H,6-10H2,1H3. The summed E-state index contributed by atoms with van der Waals surface area (Å²) in [7, 11) is 2.06. The van der Waals surface area contributed by atoms with E-state index in [0.29, 0.717) is 5.92 Å². The van der Waals surface area contributed by atoms with Gasteiger partial charge >= 0.3 is 0 Å². The van der Waals surface area contributed by atoms with Gasteiger partial charge in [0.15, 0.2) is 0 Å². The first-order valence-electron chi connectivity index (χ1n) is 6.27. The Morgan fingerprint density at radius 2 is 2.12 bits per heavy atom. The predicted octanol–water partition coefficient (Wildman–Crippen LogP) is 2.59. The van der Waals surface area contributed by atoms with E-state index in [4.69, 9.17) is 11.6 Å². The molecule has 1 saturated carbocycles. The van der Waals surface area contributed by atoms with Gasteiger partial charge in [0, 0.05) is 18.1 Å². The van der Waals surface area contributed by atoms with Gasteiger partial charge in [0.05, 0.1) is 6.10 Å².